The van der Waals surface area contributed by atoms with Crippen LogP contribution in [-0.4, -0.2) is 4.98 Å². The summed E-state index contributed by atoms with van der Waals surface area (Å²) in [6.45, 7) is 0. The third-order valence-corrected chi connectivity index (χ3v) is 8.67. The van der Waals surface area contributed by atoms with E-state index in [9.17, 15) is 0 Å². The molecule has 9 rings (SSSR count). The molecule has 2 nitrogen and oxygen atoms in total. The summed E-state index contributed by atoms with van der Waals surface area (Å²) in [7, 11) is 0. The third-order valence-electron chi connectivity index (χ3n) is 8.67. The van der Waals surface area contributed by atoms with Crippen LogP contribution in [0.4, 0.5) is 17.1 Å². The molecular formula is C33H22N2. The Morgan fingerprint density at radius 3 is 2.03 bits per heavy atom. The maximum atomic E-state index is 4.53. The Morgan fingerprint density at radius 1 is 0.514 bits per heavy atom. The van der Waals surface area contributed by atoms with Gasteiger partial charge in [-0.05, 0) is 97.8 Å². The summed E-state index contributed by atoms with van der Waals surface area (Å²) in [6, 6.07) is 27.4. The number of fused-ring (bicyclic) bond motifs is 12. The predicted molar refractivity (Wildman–Crippen MR) is 141 cm³/mol. The molecule has 164 valence electrons. The zero-order valence-corrected chi connectivity index (χ0v) is 19.3. The highest BCUT2D eigenvalue weighted by Gasteiger charge is 2.37. The molecule has 0 saturated carbocycles. The molecule has 0 N–H and O–H groups in total. The van der Waals surface area contributed by atoms with E-state index in [0.29, 0.717) is 0 Å². The second-order valence-electron chi connectivity index (χ2n) is 10.3. The molecule has 5 aromatic rings. The molecule has 0 bridgehead atoms. The predicted octanol–water partition coefficient (Wildman–Crippen LogP) is 7.50. The molecule has 0 amide bonds. The Balaban J connectivity index is 1.34. The van der Waals surface area contributed by atoms with E-state index in [2.05, 4.69) is 88.9 Å². The van der Waals surface area contributed by atoms with Gasteiger partial charge in [0.1, 0.15) is 0 Å². The van der Waals surface area contributed by atoms with Crippen LogP contribution in [0.3, 0.4) is 0 Å². The molecule has 0 unspecified atom stereocenters. The molecule has 0 fully saturated rings. The quantitative estimate of drug-likeness (QED) is 0.240. The van der Waals surface area contributed by atoms with E-state index in [0.717, 1.165) is 25.7 Å². The topological polar surface area (TPSA) is 16.1 Å². The van der Waals surface area contributed by atoms with E-state index in [1.165, 1.54) is 83.8 Å². The average Bonchev–Trinajstić information content (AvgIpc) is 3.47. The lowest BCUT2D eigenvalue weighted by Crippen LogP contribution is -2.26. The van der Waals surface area contributed by atoms with Crippen LogP contribution in [0, 0.1) is 0 Å². The SMILES string of the molecule is c1ccc2c(c1)Cc1c-2ccc2c1Cc1cc3c(c4c1N2c1ccncc1C4)Cc1ccccc1-3. The van der Waals surface area contributed by atoms with Gasteiger partial charge in [0, 0.05) is 25.2 Å². The van der Waals surface area contributed by atoms with Crippen molar-refractivity contribution in [2.75, 3.05) is 4.90 Å². The number of hydrogen-bond donors (Lipinski definition) is 0. The maximum absolute atomic E-state index is 4.53. The van der Waals surface area contributed by atoms with Crippen molar-refractivity contribution < 1.29 is 0 Å². The highest BCUT2D eigenvalue weighted by atomic mass is 15.2. The van der Waals surface area contributed by atoms with Crippen LogP contribution in [0.5, 0.6) is 0 Å². The van der Waals surface area contributed by atoms with Gasteiger partial charge in [0.25, 0.3) is 0 Å². The molecule has 0 radical (unpaired) electrons. The van der Waals surface area contributed by atoms with Crippen molar-refractivity contribution in [3.8, 4) is 22.3 Å². The Morgan fingerprint density at radius 2 is 1.20 bits per heavy atom. The lowest BCUT2D eigenvalue weighted by molar-refractivity contribution is 0.974. The van der Waals surface area contributed by atoms with Crippen molar-refractivity contribution in [1.82, 2.24) is 4.98 Å². The van der Waals surface area contributed by atoms with Gasteiger partial charge in [0.2, 0.25) is 0 Å². The zero-order valence-electron chi connectivity index (χ0n) is 19.3. The van der Waals surface area contributed by atoms with Gasteiger partial charge in [-0.2, -0.15) is 0 Å². The minimum atomic E-state index is 0.963. The largest absolute Gasteiger partial charge is 0.309 e. The molecule has 1 aromatic heterocycles. The van der Waals surface area contributed by atoms with Crippen LogP contribution in [0.25, 0.3) is 22.3 Å². The van der Waals surface area contributed by atoms with Crippen LogP contribution in [-0.2, 0) is 25.7 Å². The number of nitrogens with zero attached hydrogens (tertiary/aromatic N) is 2. The van der Waals surface area contributed by atoms with Gasteiger partial charge in [0.05, 0.1) is 17.1 Å². The van der Waals surface area contributed by atoms with Crippen molar-refractivity contribution in [2.24, 2.45) is 0 Å². The number of hydrogen-bond acceptors (Lipinski definition) is 2. The Kier molecular flexibility index (Phi) is 3.27. The minimum absolute atomic E-state index is 0.963. The molecule has 0 spiro atoms. The first-order chi connectivity index (χ1) is 17.3. The van der Waals surface area contributed by atoms with Gasteiger partial charge in [-0.15, -0.1) is 0 Å². The number of pyridine rings is 1. The molecule has 2 aliphatic heterocycles. The molecule has 35 heavy (non-hydrogen) atoms. The lowest BCUT2D eigenvalue weighted by Gasteiger charge is -2.41. The molecular weight excluding hydrogens is 424 g/mol. The fourth-order valence-corrected chi connectivity index (χ4v) is 7.20. The summed E-state index contributed by atoms with van der Waals surface area (Å²) < 4.78 is 0. The summed E-state index contributed by atoms with van der Waals surface area (Å²) >= 11 is 0. The van der Waals surface area contributed by atoms with Gasteiger partial charge in [-0.1, -0.05) is 54.6 Å². The van der Waals surface area contributed by atoms with Crippen LogP contribution >= 0.6 is 0 Å². The normalized spacial score (nSPS) is 14.9. The molecule has 4 aromatic carbocycles. The summed E-state index contributed by atoms with van der Waals surface area (Å²) in [5.41, 5.74) is 21.5. The van der Waals surface area contributed by atoms with Gasteiger partial charge in [-0.3, -0.25) is 4.98 Å². The van der Waals surface area contributed by atoms with Crippen LogP contribution in [0.2, 0.25) is 0 Å². The summed E-state index contributed by atoms with van der Waals surface area (Å²) in [6.07, 6.45) is 8.05. The van der Waals surface area contributed by atoms with E-state index in [1.54, 1.807) is 0 Å². The monoisotopic (exact) mass is 446 g/mol. The number of aromatic nitrogens is 1. The fourth-order valence-electron chi connectivity index (χ4n) is 7.20. The molecule has 2 aliphatic carbocycles. The first kappa shape index (κ1) is 18.2. The van der Waals surface area contributed by atoms with Gasteiger partial charge in [-0.25, -0.2) is 0 Å². The first-order valence-corrected chi connectivity index (χ1v) is 12.6. The number of anilines is 3. The van der Waals surface area contributed by atoms with Gasteiger partial charge < -0.3 is 4.90 Å². The smallest absolute Gasteiger partial charge is 0.0535 e. The van der Waals surface area contributed by atoms with Crippen molar-refractivity contribution in [1.29, 1.82) is 0 Å². The standard InChI is InChI=1S/C33H22N2/c1-3-7-23-19(5-1)13-27-25(23)9-10-32-29(27)16-21-15-26-24-8-4-2-6-20(24)14-28(26)30-17-22-18-34-12-11-31(22)35(32)33(21)30/h1-12,15,18H,13-14,16-17H2. The number of rotatable bonds is 0. The summed E-state index contributed by atoms with van der Waals surface area (Å²) in [5.74, 6) is 0. The molecule has 0 saturated heterocycles. The summed E-state index contributed by atoms with van der Waals surface area (Å²) in [5, 5.41) is 0. The second kappa shape index (κ2) is 6.28. The molecule has 3 heterocycles. The van der Waals surface area contributed by atoms with Crippen molar-refractivity contribution in [2.45, 2.75) is 25.7 Å². The van der Waals surface area contributed by atoms with Gasteiger partial charge >= 0.3 is 0 Å². The molecule has 0 atom stereocenters. The Labute approximate surface area is 204 Å². The van der Waals surface area contributed by atoms with E-state index in [1.807, 2.05) is 6.20 Å². The second-order valence-corrected chi connectivity index (χ2v) is 10.3. The van der Waals surface area contributed by atoms with Crippen molar-refractivity contribution in [3.05, 3.63) is 130 Å². The zero-order chi connectivity index (χ0) is 22.7. The van der Waals surface area contributed by atoms with E-state index in [4.69, 9.17) is 0 Å². The lowest BCUT2D eigenvalue weighted by atomic mass is 9.81. The highest BCUT2D eigenvalue weighted by molar-refractivity contribution is 5.95. The molecule has 2 heteroatoms. The average molecular weight is 447 g/mol. The maximum Gasteiger partial charge on any atom is 0.0535 e. The van der Waals surface area contributed by atoms with Crippen LogP contribution < -0.4 is 4.90 Å². The molecule has 4 aliphatic rings. The van der Waals surface area contributed by atoms with Crippen LogP contribution in [0.1, 0.15) is 44.5 Å². The van der Waals surface area contributed by atoms with Crippen molar-refractivity contribution in [3.63, 3.8) is 0 Å². The Hall–Kier alpha value is -4.17. The van der Waals surface area contributed by atoms with Crippen molar-refractivity contribution >= 4 is 17.1 Å². The van der Waals surface area contributed by atoms with Crippen LogP contribution in [0.15, 0.2) is 85.2 Å². The summed E-state index contributed by atoms with van der Waals surface area (Å²) in [4.78, 5) is 7.09. The van der Waals surface area contributed by atoms with Gasteiger partial charge in [0.15, 0.2) is 0 Å². The fraction of sp³-hybridized carbons (Fsp3) is 0.121. The van der Waals surface area contributed by atoms with E-state index < -0.39 is 0 Å². The van der Waals surface area contributed by atoms with E-state index >= 15 is 0 Å². The minimum Gasteiger partial charge on any atom is -0.309 e. The third kappa shape index (κ3) is 2.23. The van der Waals surface area contributed by atoms with E-state index in [-0.39, 0.29) is 0 Å². The first-order valence-electron chi connectivity index (χ1n) is 12.6. The number of benzene rings is 4. The highest BCUT2D eigenvalue weighted by Crippen LogP contribution is 2.56. The Bertz CT molecular complexity index is 1760.